The molecule has 0 aromatic heterocycles. The summed E-state index contributed by atoms with van der Waals surface area (Å²) < 4.78 is 230. The molecule has 0 aromatic rings. The number of halogens is 17. The highest BCUT2D eigenvalue weighted by atomic mass is 19.4. The van der Waals surface area contributed by atoms with Gasteiger partial charge in [-0.3, -0.25) is 4.79 Å². The van der Waals surface area contributed by atoms with E-state index < -0.39 is 78.3 Å². The predicted octanol–water partition coefficient (Wildman–Crippen LogP) is 8.45. The lowest BCUT2D eigenvalue weighted by atomic mass is 9.70. The lowest BCUT2D eigenvalue weighted by molar-refractivity contribution is -0.465. The second kappa shape index (κ2) is 10.1. The fourth-order valence-corrected chi connectivity index (χ4v) is 3.27. The van der Waals surface area contributed by atoms with Gasteiger partial charge in [-0.2, -0.15) is 74.6 Å². The summed E-state index contributed by atoms with van der Waals surface area (Å²) in [5.41, 5.74) is -4.42. The van der Waals surface area contributed by atoms with E-state index in [1.807, 2.05) is 0 Å². The summed E-state index contributed by atoms with van der Waals surface area (Å²) in [6.45, 7) is 1.87. The van der Waals surface area contributed by atoms with Gasteiger partial charge in [0.05, 0.1) is 0 Å². The number of carboxylic acid groups (broad SMARTS) is 1. The molecule has 0 bridgehead atoms. The maximum Gasteiger partial charge on any atom is 0.460 e. The van der Waals surface area contributed by atoms with Crippen LogP contribution in [0, 0.1) is 5.41 Å². The molecular formula is C18H19F17O2. The first-order valence-corrected chi connectivity index (χ1v) is 10.0. The Hall–Kier alpha value is -1.72. The van der Waals surface area contributed by atoms with Crippen molar-refractivity contribution in [3.8, 4) is 0 Å². The summed E-state index contributed by atoms with van der Waals surface area (Å²) in [5.74, 6) is -60.9. The Kier molecular flexibility index (Phi) is 9.64. The number of rotatable bonds is 14. The number of alkyl halides is 17. The summed E-state index contributed by atoms with van der Waals surface area (Å²) in [4.78, 5) is 11.4. The second-order valence-corrected chi connectivity index (χ2v) is 8.07. The van der Waals surface area contributed by atoms with Gasteiger partial charge in [-0.15, -0.1) is 0 Å². The molecule has 0 aromatic carbocycles. The molecule has 19 heteroatoms. The molecule has 1 N–H and O–H groups in total. The fourth-order valence-electron chi connectivity index (χ4n) is 3.27. The minimum atomic E-state index is -8.75. The Morgan fingerprint density at radius 1 is 0.514 bits per heavy atom. The molecule has 0 amide bonds. The van der Waals surface area contributed by atoms with Gasteiger partial charge in [0.15, 0.2) is 0 Å². The molecule has 1 unspecified atom stereocenters. The summed E-state index contributed by atoms with van der Waals surface area (Å²) in [6, 6.07) is 0. The van der Waals surface area contributed by atoms with Crippen LogP contribution in [0.15, 0.2) is 0 Å². The lowest BCUT2D eigenvalue weighted by Gasteiger charge is -2.46. The third kappa shape index (κ3) is 4.80. The average Bonchev–Trinajstić information content (AvgIpc) is 2.71. The molecule has 37 heavy (non-hydrogen) atoms. The van der Waals surface area contributed by atoms with Crippen LogP contribution >= 0.6 is 0 Å². The van der Waals surface area contributed by atoms with Crippen LogP contribution in [0.1, 0.15) is 52.4 Å². The van der Waals surface area contributed by atoms with Crippen molar-refractivity contribution < 1.29 is 84.5 Å². The molecule has 0 heterocycles. The largest absolute Gasteiger partial charge is 0.481 e. The van der Waals surface area contributed by atoms with Gasteiger partial charge < -0.3 is 5.11 Å². The maximum absolute atomic E-state index is 14.7. The number of unbranched alkanes of at least 4 members (excludes halogenated alkanes) is 3. The van der Waals surface area contributed by atoms with Crippen molar-refractivity contribution >= 4 is 5.97 Å². The first kappa shape index (κ1) is 35.3. The van der Waals surface area contributed by atoms with Gasteiger partial charge in [0, 0.05) is 0 Å². The molecule has 222 valence electrons. The third-order valence-corrected chi connectivity index (χ3v) is 5.79. The van der Waals surface area contributed by atoms with E-state index in [4.69, 9.17) is 5.11 Å². The fraction of sp³-hybridized carbons (Fsp3) is 0.944. The molecule has 0 aliphatic carbocycles. The van der Waals surface area contributed by atoms with Crippen LogP contribution in [0.25, 0.3) is 0 Å². The summed E-state index contributed by atoms with van der Waals surface area (Å²) in [5, 5.41) is 9.10. The zero-order chi connectivity index (χ0) is 30.3. The Labute approximate surface area is 197 Å². The Morgan fingerprint density at radius 2 is 0.838 bits per heavy atom. The number of hydrogen-bond donors (Lipinski definition) is 1. The van der Waals surface area contributed by atoms with Gasteiger partial charge in [-0.25, -0.2) is 0 Å². The minimum Gasteiger partial charge on any atom is -0.481 e. The van der Waals surface area contributed by atoms with Gasteiger partial charge >= 0.3 is 53.6 Å². The summed E-state index contributed by atoms with van der Waals surface area (Å²) in [6.07, 6.45) is -11.8. The van der Waals surface area contributed by atoms with Gasteiger partial charge in [0.25, 0.3) is 0 Å². The van der Waals surface area contributed by atoms with Crippen LogP contribution in [0.4, 0.5) is 74.6 Å². The van der Waals surface area contributed by atoms with Crippen LogP contribution in [0.3, 0.4) is 0 Å². The normalized spacial score (nSPS) is 17.1. The Morgan fingerprint density at radius 3 is 1.11 bits per heavy atom. The number of hydrogen-bond acceptors (Lipinski definition) is 1. The van der Waals surface area contributed by atoms with Crippen molar-refractivity contribution in [2.24, 2.45) is 5.41 Å². The van der Waals surface area contributed by atoms with Crippen LogP contribution in [-0.2, 0) is 4.79 Å². The van der Waals surface area contributed by atoms with Crippen LogP contribution in [0.5, 0.6) is 0 Å². The summed E-state index contributed by atoms with van der Waals surface area (Å²) in [7, 11) is 0. The molecular weight excluding hydrogens is 571 g/mol. The molecule has 2 nitrogen and oxygen atoms in total. The minimum absolute atomic E-state index is 0.129. The quantitative estimate of drug-likeness (QED) is 0.163. The molecule has 0 radical (unpaired) electrons. The number of carbonyl (C=O) groups is 1. The van der Waals surface area contributed by atoms with E-state index in [2.05, 4.69) is 0 Å². The zero-order valence-electron chi connectivity index (χ0n) is 18.5. The van der Waals surface area contributed by atoms with Crippen molar-refractivity contribution in [2.45, 2.75) is 100 Å². The lowest BCUT2D eigenvalue weighted by Crippen LogP contribution is -2.76. The highest BCUT2D eigenvalue weighted by Gasteiger charge is 2.96. The topological polar surface area (TPSA) is 37.3 Å². The van der Waals surface area contributed by atoms with Gasteiger partial charge in [-0.05, 0) is 12.8 Å². The predicted molar refractivity (Wildman–Crippen MR) is 89.8 cm³/mol. The number of carboxylic acids is 1. The van der Waals surface area contributed by atoms with E-state index in [-0.39, 0.29) is 12.8 Å². The van der Waals surface area contributed by atoms with Crippen LogP contribution < -0.4 is 0 Å². The number of aliphatic carboxylic acids is 1. The maximum atomic E-state index is 14.7. The average molecular weight is 590 g/mol. The highest BCUT2D eigenvalue weighted by Crippen LogP contribution is 2.66. The van der Waals surface area contributed by atoms with Gasteiger partial charge in [0.1, 0.15) is 5.41 Å². The van der Waals surface area contributed by atoms with E-state index >= 15 is 0 Å². The smallest absolute Gasteiger partial charge is 0.460 e. The van der Waals surface area contributed by atoms with Crippen molar-refractivity contribution in [3.05, 3.63) is 0 Å². The van der Waals surface area contributed by atoms with E-state index in [1.54, 1.807) is 0 Å². The molecule has 0 spiro atoms. The van der Waals surface area contributed by atoms with Crippen molar-refractivity contribution in [1.29, 1.82) is 0 Å². The van der Waals surface area contributed by atoms with Crippen molar-refractivity contribution in [3.63, 3.8) is 0 Å². The summed E-state index contributed by atoms with van der Waals surface area (Å²) >= 11 is 0. The monoisotopic (exact) mass is 590 g/mol. The molecule has 0 saturated heterocycles. The van der Waals surface area contributed by atoms with E-state index in [0.717, 1.165) is 0 Å². The van der Waals surface area contributed by atoms with Crippen molar-refractivity contribution in [2.75, 3.05) is 0 Å². The van der Waals surface area contributed by atoms with Gasteiger partial charge in [0.2, 0.25) is 0 Å². The zero-order valence-corrected chi connectivity index (χ0v) is 18.5. The second-order valence-electron chi connectivity index (χ2n) is 8.07. The first-order chi connectivity index (χ1) is 16.1. The third-order valence-electron chi connectivity index (χ3n) is 5.79. The van der Waals surface area contributed by atoms with Crippen molar-refractivity contribution in [1.82, 2.24) is 0 Å². The molecule has 0 rings (SSSR count). The van der Waals surface area contributed by atoms with Crippen LogP contribution in [0.2, 0.25) is 0 Å². The first-order valence-electron chi connectivity index (χ1n) is 10.0. The molecule has 0 aliphatic rings. The molecule has 1 atom stereocenters. The van der Waals surface area contributed by atoms with E-state index in [1.165, 1.54) is 6.92 Å². The molecule has 0 saturated carbocycles. The van der Waals surface area contributed by atoms with Gasteiger partial charge in [-0.1, -0.05) is 39.5 Å². The highest BCUT2D eigenvalue weighted by molar-refractivity contribution is 5.76. The molecule has 0 aliphatic heterocycles. The Bertz CT molecular complexity index is 803. The SMILES string of the molecule is CCCCCCC(CC)(C(=O)O)C(F)(F)C(F)(F)C(F)(F)C(F)(F)C(F)(F)C(F)(F)C(F)(F)C(F)(F)F. The van der Waals surface area contributed by atoms with E-state index in [0.29, 0.717) is 13.3 Å². The Balaban J connectivity index is 7.03. The van der Waals surface area contributed by atoms with Crippen LogP contribution in [-0.4, -0.2) is 58.7 Å². The molecule has 0 fully saturated rings. The standard InChI is InChI=1S/C18H19F17O2/c1-3-5-6-7-8-10(4-2,9(36)37)11(19,20)12(21,22)13(23,24)14(25,26)15(27,28)16(29,30)17(31,32)18(33,34)35/h3-8H2,1-2H3,(H,36,37). The van der Waals surface area contributed by atoms with E-state index in [9.17, 15) is 79.4 Å².